The molecule has 1 rings (SSSR count). The van der Waals surface area contributed by atoms with Crippen LogP contribution in [0.1, 0.15) is 322 Å². The lowest BCUT2D eigenvalue weighted by molar-refractivity contribution is -0.302. The van der Waals surface area contributed by atoms with Gasteiger partial charge in [-0.25, -0.2) is 0 Å². The van der Waals surface area contributed by atoms with Crippen LogP contribution in [0.3, 0.4) is 0 Å². The van der Waals surface area contributed by atoms with Crippen molar-refractivity contribution >= 4 is 5.91 Å². The van der Waals surface area contributed by atoms with Crippen molar-refractivity contribution < 1.29 is 39.8 Å². The van der Waals surface area contributed by atoms with Gasteiger partial charge in [0.2, 0.25) is 5.91 Å². The van der Waals surface area contributed by atoms with Gasteiger partial charge < -0.3 is 40.3 Å². The molecule has 1 aliphatic rings. The fourth-order valence-electron chi connectivity index (χ4n) is 10.6. The molecule has 0 saturated carbocycles. The summed E-state index contributed by atoms with van der Waals surface area (Å²) >= 11 is 0. The molecule has 7 atom stereocenters. The Morgan fingerprint density at radius 2 is 0.787 bits per heavy atom. The van der Waals surface area contributed by atoms with Gasteiger partial charge in [0.1, 0.15) is 24.4 Å². The summed E-state index contributed by atoms with van der Waals surface area (Å²) in [6, 6.07) is -0.720. The number of amides is 1. The second-order valence-corrected chi connectivity index (χ2v) is 22.9. The van der Waals surface area contributed by atoms with Crippen LogP contribution in [0.2, 0.25) is 0 Å². The van der Waals surface area contributed by atoms with Crippen molar-refractivity contribution in [2.75, 3.05) is 13.2 Å². The van der Waals surface area contributed by atoms with E-state index in [1.54, 1.807) is 0 Å². The molecule has 9 nitrogen and oxygen atoms in total. The summed E-state index contributed by atoms with van der Waals surface area (Å²) in [5.74, 6) is -0.140. The number of nitrogens with one attached hydrogen (secondary N) is 1. The lowest BCUT2D eigenvalue weighted by Gasteiger charge is -2.40. The highest BCUT2D eigenvalue weighted by atomic mass is 16.7. The molecule has 1 amide bonds. The number of hydrogen-bond donors (Lipinski definition) is 6. The van der Waals surface area contributed by atoms with Gasteiger partial charge in [-0.3, -0.25) is 4.79 Å². The normalized spacial score (nSPS) is 19.1. The summed E-state index contributed by atoms with van der Waals surface area (Å²) in [5, 5.41) is 54.9. The standard InChI is InChI=1S/C66H125NO8/c1-3-5-7-9-11-13-15-17-19-21-23-25-27-28-29-30-31-32-34-36-38-40-42-44-46-48-50-52-54-56-62(70)67-59(58-74-66-65(73)64(72)63(71)61(57-68)75-66)60(69)55-53-51-49-47-45-43-41-39-37-35-33-26-24-22-20-18-16-14-12-10-8-6-4-2/h15,17,21,23,27-28,59-61,63-66,68-69,71-73H,3-14,16,18-20,22,24-26,29-58H2,1-2H3,(H,67,70)/b17-15-,23-21-,28-27-. The molecular weight excluding hydrogens is 935 g/mol. The maximum absolute atomic E-state index is 13.1. The Bertz CT molecular complexity index is 1270. The molecule has 0 spiro atoms. The summed E-state index contributed by atoms with van der Waals surface area (Å²) in [5.41, 5.74) is 0. The van der Waals surface area contributed by atoms with Crippen molar-refractivity contribution in [3.63, 3.8) is 0 Å². The Balaban J connectivity index is 2.14. The molecule has 0 bridgehead atoms. The van der Waals surface area contributed by atoms with E-state index >= 15 is 0 Å². The first-order valence-electron chi connectivity index (χ1n) is 32.7. The minimum absolute atomic E-state index is 0.136. The first kappa shape index (κ1) is 71.4. The molecule has 0 radical (unpaired) electrons. The van der Waals surface area contributed by atoms with E-state index in [4.69, 9.17) is 9.47 Å². The minimum Gasteiger partial charge on any atom is -0.394 e. The van der Waals surface area contributed by atoms with E-state index in [2.05, 4.69) is 55.6 Å². The molecule has 9 heteroatoms. The SMILES string of the molecule is CCCCCCC/C=C\C/C=C\C/C=C\CCCCCCCCCCCCCCCCC(=O)NC(COC1OC(CO)C(O)C(O)C1O)C(O)CCCCCCCCCCCCCCCCCCCCCCCCC. The van der Waals surface area contributed by atoms with Gasteiger partial charge in [-0.2, -0.15) is 0 Å². The third-order valence-electron chi connectivity index (χ3n) is 15.7. The van der Waals surface area contributed by atoms with E-state index in [1.807, 2.05) is 0 Å². The molecule has 6 N–H and O–H groups in total. The number of hydrogen-bond acceptors (Lipinski definition) is 8. The Kier molecular flexibility index (Phi) is 53.1. The van der Waals surface area contributed by atoms with Gasteiger partial charge in [0.25, 0.3) is 0 Å². The molecule has 0 aromatic carbocycles. The highest BCUT2D eigenvalue weighted by Crippen LogP contribution is 2.24. The molecule has 442 valence electrons. The Labute approximate surface area is 463 Å². The molecule has 1 fully saturated rings. The minimum atomic E-state index is -1.55. The molecule has 0 aliphatic carbocycles. The average Bonchev–Trinajstić information content (AvgIpc) is 3.41. The average molecular weight is 1060 g/mol. The predicted molar refractivity (Wildman–Crippen MR) is 318 cm³/mol. The summed E-state index contributed by atoms with van der Waals surface area (Å²) < 4.78 is 11.4. The van der Waals surface area contributed by atoms with E-state index in [0.717, 1.165) is 51.4 Å². The summed E-state index contributed by atoms with van der Waals surface area (Å²) in [6.07, 6.45) is 66.2. The number of rotatable bonds is 57. The van der Waals surface area contributed by atoms with E-state index in [-0.39, 0.29) is 12.5 Å². The Hall–Kier alpha value is -1.59. The first-order valence-corrected chi connectivity index (χ1v) is 32.7. The van der Waals surface area contributed by atoms with Crippen LogP contribution in [0.4, 0.5) is 0 Å². The van der Waals surface area contributed by atoms with Crippen molar-refractivity contribution in [1.29, 1.82) is 0 Å². The number of allylic oxidation sites excluding steroid dienone is 6. The molecule has 0 aromatic rings. The number of unbranched alkanes of at least 4 members (excludes halogenated alkanes) is 41. The van der Waals surface area contributed by atoms with Crippen LogP contribution in [0.25, 0.3) is 0 Å². The van der Waals surface area contributed by atoms with E-state index < -0.39 is 49.5 Å². The summed E-state index contributed by atoms with van der Waals surface area (Å²) in [6.45, 7) is 3.87. The van der Waals surface area contributed by atoms with Crippen LogP contribution in [0.15, 0.2) is 36.5 Å². The zero-order valence-electron chi connectivity index (χ0n) is 49.3. The molecule has 1 heterocycles. The van der Waals surface area contributed by atoms with Gasteiger partial charge in [-0.1, -0.05) is 301 Å². The second-order valence-electron chi connectivity index (χ2n) is 22.9. The Morgan fingerprint density at radius 1 is 0.453 bits per heavy atom. The number of carbonyl (C=O) groups excluding carboxylic acids is 1. The molecule has 1 saturated heterocycles. The van der Waals surface area contributed by atoms with E-state index in [0.29, 0.717) is 12.8 Å². The molecular formula is C66H125NO8. The molecule has 7 unspecified atom stereocenters. The number of ether oxygens (including phenoxy) is 2. The highest BCUT2D eigenvalue weighted by Gasteiger charge is 2.44. The van der Waals surface area contributed by atoms with Crippen molar-refractivity contribution in [3.8, 4) is 0 Å². The summed E-state index contributed by atoms with van der Waals surface area (Å²) in [4.78, 5) is 13.1. The smallest absolute Gasteiger partial charge is 0.220 e. The number of aliphatic hydroxyl groups is 5. The number of carbonyl (C=O) groups is 1. The third kappa shape index (κ3) is 44.9. The Morgan fingerprint density at radius 3 is 1.16 bits per heavy atom. The zero-order chi connectivity index (χ0) is 54.3. The van der Waals surface area contributed by atoms with Crippen molar-refractivity contribution in [3.05, 3.63) is 36.5 Å². The van der Waals surface area contributed by atoms with Gasteiger partial charge in [0.15, 0.2) is 6.29 Å². The fraction of sp³-hybridized carbons (Fsp3) is 0.894. The predicted octanol–water partition coefficient (Wildman–Crippen LogP) is 17.1. The molecule has 75 heavy (non-hydrogen) atoms. The van der Waals surface area contributed by atoms with Crippen molar-refractivity contribution in [1.82, 2.24) is 5.32 Å². The van der Waals surface area contributed by atoms with Crippen LogP contribution in [-0.2, 0) is 14.3 Å². The molecule has 1 aliphatic heterocycles. The first-order chi connectivity index (χ1) is 36.8. The maximum atomic E-state index is 13.1. The third-order valence-corrected chi connectivity index (χ3v) is 15.7. The van der Waals surface area contributed by atoms with Gasteiger partial charge in [-0.05, 0) is 51.4 Å². The van der Waals surface area contributed by atoms with Gasteiger partial charge in [0.05, 0.1) is 25.4 Å². The van der Waals surface area contributed by atoms with Crippen LogP contribution < -0.4 is 5.32 Å². The highest BCUT2D eigenvalue weighted by molar-refractivity contribution is 5.76. The second kappa shape index (κ2) is 55.7. The van der Waals surface area contributed by atoms with E-state index in [9.17, 15) is 30.3 Å². The zero-order valence-corrected chi connectivity index (χ0v) is 49.3. The van der Waals surface area contributed by atoms with Crippen molar-refractivity contribution in [2.24, 2.45) is 0 Å². The topological polar surface area (TPSA) is 149 Å². The van der Waals surface area contributed by atoms with Gasteiger partial charge >= 0.3 is 0 Å². The van der Waals surface area contributed by atoms with Crippen molar-refractivity contribution in [2.45, 2.75) is 365 Å². The molecule has 0 aromatic heterocycles. The largest absolute Gasteiger partial charge is 0.394 e. The van der Waals surface area contributed by atoms with Gasteiger partial charge in [0, 0.05) is 6.42 Å². The fourth-order valence-corrected chi connectivity index (χ4v) is 10.6. The van der Waals surface area contributed by atoms with Crippen LogP contribution in [-0.4, -0.2) is 87.5 Å². The van der Waals surface area contributed by atoms with Crippen LogP contribution in [0.5, 0.6) is 0 Å². The number of aliphatic hydroxyl groups excluding tert-OH is 5. The summed E-state index contributed by atoms with van der Waals surface area (Å²) in [7, 11) is 0. The quantitative estimate of drug-likeness (QED) is 0.0261. The monoisotopic (exact) mass is 1060 g/mol. The lowest BCUT2D eigenvalue weighted by Crippen LogP contribution is -2.60. The van der Waals surface area contributed by atoms with E-state index in [1.165, 1.54) is 244 Å². The van der Waals surface area contributed by atoms with Crippen LogP contribution in [0, 0.1) is 0 Å². The maximum Gasteiger partial charge on any atom is 0.220 e. The lowest BCUT2D eigenvalue weighted by atomic mass is 9.99. The van der Waals surface area contributed by atoms with Crippen LogP contribution >= 0.6 is 0 Å². The van der Waals surface area contributed by atoms with Gasteiger partial charge in [-0.15, -0.1) is 0 Å².